The van der Waals surface area contributed by atoms with E-state index in [2.05, 4.69) is 22.3 Å². The van der Waals surface area contributed by atoms with Crippen LogP contribution in [0, 0.1) is 0 Å². The summed E-state index contributed by atoms with van der Waals surface area (Å²) in [6, 6.07) is 12.2. The van der Waals surface area contributed by atoms with Crippen LogP contribution in [0.1, 0.15) is 30.0 Å². The van der Waals surface area contributed by atoms with Gasteiger partial charge in [0.15, 0.2) is 0 Å². The van der Waals surface area contributed by atoms with E-state index < -0.39 is 0 Å². The zero-order chi connectivity index (χ0) is 15.9. The summed E-state index contributed by atoms with van der Waals surface area (Å²) in [5, 5.41) is 7.02. The standard InChI is InChI=1S/C18H23N3O2/c22-18(14-23-12-9-15-5-2-1-3-6-15)21-11-4-7-16(13-21)17-8-10-19-20-17/h1-3,5-6,8,10,16H,4,7,9,11-14H2,(H,19,20)/t16-/m0/s1. The molecule has 5 heteroatoms. The highest BCUT2D eigenvalue weighted by atomic mass is 16.5. The molecule has 1 fully saturated rings. The van der Waals surface area contributed by atoms with Crippen LogP contribution in [0.25, 0.3) is 0 Å². The Balaban J connectivity index is 1.41. The number of likely N-dealkylation sites (tertiary alicyclic amines) is 1. The lowest BCUT2D eigenvalue weighted by Crippen LogP contribution is -2.41. The molecule has 5 nitrogen and oxygen atoms in total. The number of carbonyl (C=O) groups excluding carboxylic acids is 1. The molecule has 122 valence electrons. The van der Waals surface area contributed by atoms with Crippen LogP contribution in [0.5, 0.6) is 0 Å². The van der Waals surface area contributed by atoms with E-state index in [-0.39, 0.29) is 12.5 Å². The second-order valence-electron chi connectivity index (χ2n) is 5.98. The van der Waals surface area contributed by atoms with Gasteiger partial charge in [0, 0.05) is 30.9 Å². The van der Waals surface area contributed by atoms with Crippen molar-refractivity contribution in [2.24, 2.45) is 0 Å². The number of carbonyl (C=O) groups is 1. The van der Waals surface area contributed by atoms with Gasteiger partial charge in [-0.05, 0) is 30.9 Å². The van der Waals surface area contributed by atoms with E-state index in [1.54, 1.807) is 6.20 Å². The number of H-pyrrole nitrogens is 1. The Kier molecular flexibility index (Phi) is 5.42. The van der Waals surface area contributed by atoms with Crippen LogP contribution in [-0.2, 0) is 16.0 Å². The minimum atomic E-state index is 0.0854. The highest BCUT2D eigenvalue weighted by Crippen LogP contribution is 2.25. The van der Waals surface area contributed by atoms with Gasteiger partial charge in [0.05, 0.1) is 6.61 Å². The van der Waals surface area contributed by atoms with Crippen LogP contribution >= 0.6 is 0 Å². The minimum Gasteiger partial charge on any atom is -0.371 e. The fraction of sp³-hybridized carbons (Fsp3) is 0.444. The van der Waals surface area contributed by atoms with Crippen molar-refractivity contribution >= 4 is 5.91 Å². The van der Waals surface area contributed by atoms with E-state index in [0.29, 0.717) is 12.5 Å². The molecule has 0 unspecified atom stereocenters. The Morgan fingerprint density at radius 1 is 1.30 bits per heavy atom. The average Bonchev–Trinajstić information content (AvgIpc) is 3.14. The molecule has 1 amide bonds. The highest BCUT2D eigenvalue weighted by molar-refractivity contribution is 5.77. The Bertz CT molecular complexity index is 598. The van der Waals surface area contributed by atoms with Crippen LogP contribution in [0.15, 0.2) is 42.6 Å². The molecule has 1 N–H and O–H groups in total. The van der Waals surface area contributed by atoms with Gasteiger partial charge in [0.1, 0.15) is 6.61 Å². The molecule has 1 saturated heterocycles. The number of nitrogens with zero attached hydrogens (tertiary/aromatic N) is 2. The second kappa shape index (κ2) is 7.92. The monoisotopic (exact) mass is 313 g/mol. The van der Waals surface area contributed by atoms with Crippen molar-refractivity contribution in [1.82, 2.24) is 15.1 Å². The van der Waals surface area contributed by atoms with E-state index in [4.69, 9.17) is 4.74 Å². The van der Waals surface area contributed by atoms with E-state index in [1.165, 1.54) is 5.56 Å². The molecule has 1 aromatic heterocycles. The fourth-order valence-corrected chi connectivity index (χ4v) is 3.04. The van der Waals surface area contributed by atoms with Gasteiger partial charge < -0.3 is 9.64 Å². The predicted octanol–water partition coefficient (Wildman–Crippen LogP) is 2.38. The Morgan fingerprint density at radius 3 is 2.96 bits per heavy atom. The number of hydrogen-bond acceptors (Lipinski definition) is 3. The Labute approximate surface area is 136 Å². The average molecular weight is 313 g/mol. The summed E-state index contributed by atoms with van der Waals surface area (Å²) in [4.78, 5) is 14.2. The summed E-state index contributed by atoms with van der Waals surface area (Å²) in [5.41, 5.74) is 2.35. The van der Waals surface area contributed by atoms with Crippen molar-refractivity contribution in [3.05, 3.63) is 53.9 Å². The molecular formula is C18H23N3O2. The number of nitrogens with one attached hydrogen (secondary N) is 1. The molecule has 2 heterocycles. The molecule has 0 saturated carbocycles. The summed E-state index contributed by atoms with van der Waals surface area (Å²) < 4.78 is 5.57. The van der Waals surface area contributed by atoms with Crippen molar-refractivity contribution < 1.29 is 9.53 Å². The number of rotatable bonds is 6. The van der Waals surface area contributed by atoms with E-state index in [9.17, 15) is 4.79 Å². The smallest absolute Gasteiger partial charge is 0.248 e. The zero-order valence-electron chi connectivity index (χ0n) is 13.3. The van der Waals surface area contributed by atoms with E-state index in [1.807, 2.05) is 29.2 Å². The van der Waals surface area contributed by atoms with Crippen LogP contribution in [0.4, 0.5) is 0 Å². The number of aromatic nitrogens is 2. The van der Waals surface area contributed by atoms with Crippen LogP contribution in [0.3, 0.4) is 0 Å². The number of ether oxygens (including phenoxy) is 1. The van der Waals surface area contributed by atoms with Crippen molar-refractivity contribution in [1.29, 1.82) is 0 Å². The van der Waals surface area contributed by atoms with E-state index >= 15 is 0 Å². The SMILES string of the molecule is O=C(COCCc1ccccc1)N1CCC[C@H](c2ccn[nH]2)C1. The lowest BCUT2D eigenvalue weighted by atomic mass is 9.95. The van der Waals surface area contributed by atoms with Crippen molar-refractivity contribution in [3.8, 4) is 0 Å². The van der Waals surface area contributed by atoms with Crippen LogP contribution in [-0.4, -0.2) is 47.3 Å². The summed E-state index contributed by atoms with van der Waals surface area (Å²) in [6.07, 6.45) is 4.73. The van der Waals surface area contributed by atoms with Gasteiger partial charge in [-0.2, -0.15) is 5.10 Å². The first-order valence-corrected chi connectivity index (χ1v) is 8.21. The quantitative estimate of drug-likeness (QED) is 0.833. The Morgan fingerprint density at radius 2 is 2.17 bits per heavy atom. The van der Waals surface area contributed by atoms with Gasteiger partial charge in [-0.3, -0.25) is 9.89 Å². The summed E-state index contributed by atoms with van der Waals surface area (Å²) in [7, 11) is 0. The predicted molar refractivity (Wildman–Crippen MR) is 88.1 cm³/mol. The minimum absolute atomic E-state index is 0.0854. The number of hydrogen-bond donors (Lipinski definition) is 1. The maximum Gasteiger partial charge on any atom is 0.248 e. The number of piperidine rings is 1. The van der Waals surface area contributed by atoms with Gasteiger partial charge in [-0.25, -0.2) is 0 Å². The zero-order valence-corrected chi connectivity index (χ0v) is 13.3. The molecule has 3 rings (SSSR count). The molecule has 1 aromatic carbocycles. The molecule has 2 aromatic rings. The molecule has 1 atom stereocenters. The lowest BCUT2D eigenvalue weighted by molar-refractivity contribution is -0.137. The third kappa shape index (κ3) is 4.42. The van der Waals surface area contributed by atoms with Crippen molar-refractivity contribution in [3.63, 3.8) is 0 Å². The van der Waals surface area contributed by atoms with Gasteiger partial charge in [-0.1, -0.05) is 30.3 Å². The fourth-order valence-electron chi connectivity index (χ4n) is 3.04. The van der Waals surface area contributed by atoms with Gasteiger partial charge >= 0.3 is 0 Å². The summed E-state index contributed by atoms with van der Waals surface area (Å²) in [6.45, 7) is 2.32. The van der Waals surface area contributed by atoms with Gasteiger partial charge in [-0.15, -0.1) is 0 Å². The lowest BCUT2D eigenvalue weighted by Gasteiger charge is -2.32. The third-order valence-corrected chi connectivity index (χ3v) is 4.34. The van der Waals surface area contributed by atoms with Crippen molar-refractivity contribution in [2.75, 3.05) is 26.3 Å². The summed E-state index contributed by atoms with van der Waals surface area (Å²) >= 11 is 0. The Hall–Kier alpha value is -2.14. The molecule has 0 spiro atoms. The number of benzene rings is 1. The molecule has 1 aliphatic heterocycles. The van der Waals surface area contributed by atoms with E-state index in [0.717, 1.165) is 38.0 Å². The van der Waals surface area contributed by atoms with Crippen molar-refractivity contribution in [2.45, 2.75) is 25.2 Å². The first-order chi connectivity index (χ1) is 11.3. The number of aromatic amines is 1. The number of amides is 1. The molecule has 1 aliphatic rings. The van der Waals surface area contributed by atoms with Gasteiger partial charge in [0.2, 0.25) is 5.91 Å². The molecular weight excluding hydrogens is 290 g/mol. The maximum absolute atomic E-state index is 12.3. The molecule has 0 aliphatic carbocycles. The second-order valence-corrected chi connectivity index (χ2v) is 5.98. The van der Waals surface area contributed by atoms with Crippen LogP contribution < -0.4 is 0 Å². The highest BCUT2D eigenvalue weighted by Gasteiger charge is 2.25. The first-order valence-electron chi connectivity index (χ1n) is 8.21. The largest absolute Gasteiger partial charge is 0.371 e. The third-order valence-electron chi connectivity index (χ3n) is 4.34. The molecule has 0 radical (unpaired) electrons. The normalized spacial score (nSPS) is 18.1. The summed E-state index contributed by atoms with van der Waals surface area (Å²) in [5.74, 6) is 0.446. The van der Waals surface area contributed by atoms with Gasteiger partial charge in [0.25, 0.3) is 0 Å². The maximum atomic E-state index is 12.3. The molecule has 0 bridgehead atoms. The first kappa shape index (κ1) is 15.7. The van der Waals surface area contributed by atoms with Crippen LogP contribution in [0.2, 0.25) is 0 Å². The molecule has 23 heavy (non-hydrogen) atoms. The topological polar surface area (TPSA) is 58.2 Å².